The third-order valence-electron chi connectivity index (χ3n) is 13.5. The molecule has 396 valence electrons. The van der Waals surface area contributed by atoms with Crippen molar-refractivity contribution in [2.24, 2.45) is 0 Å². The van der Waals surface area contributed by atoms with Crippen molar-refractivity contribution in [3.8, 4) is 0 Å². The number of nitrogens with one attached hydrogen (secondary N) is 1. The van der Waals surface area contributed by atoms with Crippen LogP contribution in [0.1, 0.15) is 297 Å². The summed E-state index contributed by atoms with van der Waals surface area (Å²) in [4.78, 5) is 26.3. The number of amides is 1. The zero-order valence-corrected chi connectivity index (χ0v) is 45.2. The van der Waals surface area contributed by atoms with Crippen molar-refractivity contribution < 1.29 is 24.5 Å². The summed E-state index contributed by atoms with van der Waals surface area (Å²) in [7, 11) is 0. The molecule has 0 bridgehead atoms. The van der Waals surface area contributed by atoms with Crippen LogP contribution in [0, 0.1) is 0 Å². The van der Waals surface area contributed by atoms with Gasteiger partial charge in [-0.15, -0.1) is 0 Å². The number of aliphatic hydroxyl groups excluding tert-OH is 2. The maximum atomic E-state index is 13.3. The van der Waals surface area contributed by atoms with E-state index < -0.39 is 18.2 Å². The van der Waals surface area contributed by atoms with Crippen LogP contribution in [0.25, 0.3) is 0 Å². The van der Waals surface area contributed by atoms with Gasteiger partial charge in [0.05, 0.1) is 25.2 Å². The predicted octanol–water partition coefficient (Wildman–Crippen LogP) is 18.4. The molecule has 0 aliphatic rings. The van der Waals surface area contributed by atoms with Gasteiger partial charge >= 0.3 is 5.97 Å². The van der Waals surface area contributed by atoms with Crippen LogP contribution in [0.5, 0.6) is 0 Å². The SMILES string of the molecule is CCC/C=C/C=C/C=C/C=C/C=C/CCCCCCCC(=O)OC(CCCCCCCCCCCCCCCC)CC(=O)NC(CO)C(O)CCCCCCCCCCCCCCCCCCC. The summed E-state index contributed by atoms with van der Waals surface area (Å²) < 4.78 is 5.96. The zero-order valence-electron chi connectivity index (χ0n) is 45.2. The average molecular weight is 953 g/mol. The van der Waals surface area contributed by atoms with Crippen molar-refractivity contribution in [1.29, 1.82) is 0 Å². The molecule has 3 atom stereocenters. The third-order valence-corrected chi connectivity index (χ3v) is 13.5. The monoisotopic (exact) mass is 952 g/mol. The van der Waals surface area contributed by atoms with E-state index in [1.54, 1.807) is 0 Å². The molecule has 68 heavy (non-hydrogen) atoms. The quantitative estimate of drug-likeness (QED) is 0.0321. The largest absolute Gasteiger partial charge is 0.462 e. The van der Waals surface area contributed by atoms with Gasteiger partial charge in [-0.1, -0.05) is 300 Å². The highest BCUT2D eigenvalue weighted by molar-refractivity contribution is 5.77. The molecule has 0 aromatic rings. The van der Waals surface area contributed by atoms with Crippen molar-refractivity contribution in [3.05, 3.63) is 60.8 Å². The molecular formula is C62H113NO5. The lowest BCUT2D eigenvalue weighted by atomic mass is 10.0. The van der Waals surface area contributed by atoms with Crippen LogP contribution in [0.4, 0.5) is 0 Å². The Balaban J connectivity index is 4.56. The topological polar surface area (TPSA) is 95.9 Å². The van der Waals surface area contributed by atoms with E-state index in [9.17, 15) is 19.8 Å². The van der Waals surface area contributed by atoms with Gasteiger partial charge in [0.2, 0.25) is 5.91 Å². The van der Waals surface area contributed by atoms with Crippen LogP contribution in [0.15, 0.2) is 60.8 Å². The molecule has 0 aliphatic carbocycles. The molecule has 0 radical (unpaired) electrons. The molecule has 3 N–H and O–H groups in total. The van der Waals surface area contributed by atoms with Crippen molar-refractivity contribution >= 4 is 11.9 Å². The van der Waals surface area contributed by atoms with Gasteiger partial charge in [0.25, 0.3) is 0 Å². The van der Waals surface area contributed by atoms with Gasteiger partial charge in [-0.2, -0.15) is 0 Å². The molecule has 0 heterocycles. The van der Waals surface area contributed by atoms with Crippen LogP contribution < -0.4 is 5.32 Å². The maximum Gasteiger partial charge on any atom is 0.306 e. The Morgan fingerprint density at radius 1 is 0.426 bits per heavy atom. The lowest BCUT2D eigenvalue weighted by molar-refractivity contribution is -0.151. The molecule has 0 rings (SSSR count). The first-order valence-electron chi connectivity index (χ1n) is 29.6. The van der Waals surface area contributed by atoms with E-state index in [0.717, 1.165) is 77.0 Å². The second-order valence-corrected chi connectivity index (χ2v) is 20.2. The fraction of sp³-hybridized carbons (Fsp3) is 0.806. The first-order valence-corrected chi connectivity index (χ1v) is 29.6. The Hall–Kier alpha value is -2.44. The Kier molecular flexibility index (Phi) is 53.5. The number of allylic oxidation sites excluding steroid dienone is 10. The molecule has 6 nitrogen and oxygen atoms in total. The first-order chi connectivity index (χ1) is 33.5. The normalized spacial score (nSPS) is 13.5. The average Bonchev–Trinajstić information content (AvgIpc) is 3.33. The standard InChI is InChI=1S/C62H113NO5/c1-4-7-10-13-16-19-22-25-28-30-32-34-37-40-43-46-49-52-55-62(67)68-58(53-50-47-44-41-38-35-27-24-21-18-15-12-9-6-3)56-61(66)63-59(57-64)60(65)54-51-48-45-42-39-36-33-31-29-26-23-20-17-14-11-8-5-2/h10,13,16,19,22,25,28,30,32,34,58-60,64-65H,4-9,11-12,14-15,17-18,20-21,23-24,26-27,29,31,33,35-57H2,1-3H3,(H,63,66)/b13-10+,19-16+,25-22+,30-28+,34-32+. The van der Waals surface area contributed by atoms with Gasteiger partial charge in [0.15, 0.2) is 0 Å². The fourth-order valence-corrected chi connectivity index (χ4v) is 8.99. The lowest BCUT2D eigenvalue weighted by Gasteiger charge is -2.24. The number of carbonyl (C=O) groups excluding carboxylic acids is 2. The summed E-state index contributed by atoms with van der Waals surface area (Å²) in [6, 6.07) is -0.708. The van der Waals surface area contributed by atoms with E-state index in [4.69, 9.17) is 4.74 Å². The zero-order chi connectivity index (χ0) is 49.5. The van der Waals surface area contributed by atoms with E-state index in [2.05, 4.69) is 62.5 Å². The molecule has 0 fully saturated rings. The summed E-state index contributed by atoms with van der Waals surface area (Å²) in [5.41, 5.74) is 0. The maximum absolute atomic E-state index is 13.3. The van der Waals surface area contributed by atoms with Crippen LogP contribution in [-0.2, 0) is 14.3 Å². The number of unbranched alkanes of at least 4 members (excludes halogenated alkanes) is 35. The van der Waals surface area contributed by atoms with Crippen LogP contribution >= 0.6 is 0 Å². The number of aliphatic hydroxyl groups is 2. The van der Waals surface area contributed by atoms with Gasteiger partial charge < -0.3 is 20.3 Å². The second kappa shape index (κ2) is 55.5. The van der Waals surface area contributed by atoms with Gasteiger partial charge in [-0.25, -0.2) is 0 Å². The number of carbonyl (C=O) groups is 2. The lowest BCUT2D eigenvalue weighted by Crippen LogP contribution is -2.46. The van der Waals surface area contributed by atoms with Crippen molar-refractivity contribution in [3.63, 3.8) is 0 Å². The minimum Gasteiger partial charge on any atom is -0.462 e. The smallest absolute Gasteiger partial charge is 0.306 e. The molecule has 0 spiro atoms. The summed E-state index contributed by atoms with van der Waals surface area (Å²) in [5.74, 6) is -0.490. The molecule has 0 aromatic heterocycles. The Labute approximate surface area is 422 Å². The highest BCUT2D eigenvalue weighted by Crippen LogP contribution is 2.19. The number of rotatable bonds is 53. The van der Waals surface area contributed by atoms with E-state index in [1.165, 1.54) is 173 Å². The number of hydrogen-bond acceptors (Lipinski definition) is 5. The molecule has 1 amide bonds. The van der Waals surface area contributed by atoms with Gasteiger partial charge in [0, 0.05) is 6.42 Å². The highest BCUT2D eigenvalue weighted by Gasteiger charge is 2.24. The molecule has 0 saturated carbocycles. The first kappa shape index (κ1) is 65.6. The van der Waals surface area contributed by atoms with Gasteiger partial charge in [-0.3, -0.25) is 9.59 Å². The second-order valence-electron chi connectivity index (χ2n) is 20.2. The summed E-state index contributed by atoms with van der Waals surface area (Å²) >= 11 is 0. The third kappa shape index (κ3) is 50.0. The fourth-order valence-electron chi connectivity index (χ4n) is 8.99. The van der Waals surface area contributed by atoms with Crippen LogP contribution in [0.2, 0.25) is 0 Å². The van der Waals surface area contributed by atoms with Crippen LogP contribution in [-0.4, -0.2) is 46.9 Å². The summed E-state index contributed by atoms with van der Waals surface area (Å²) in [5, 5.41) is 23.9. The van der Waals surface area contributed by atoms with Crippen molar-refractivity contribution in [1.82, 2.24) is 5.32 Å². The van der Waals surface area contributed by atoms with Crippen LogP contribution in [0.3, 0.4) is 0 Å². The van der Waals surface area contributed by atoms with Crippen molar-refractivity contribution in [2.75, 3.05) is 6.61 Å². The molecular weight excluding hydrogens is 839 g/mol. The predicted molar refractivity (Wildman–Crippen MR) is 296 cm³/mol. The Morgan fingerprint density at radius 2 is 0.779 bits per heavy atom. The highest BCUT2D eigenvalue weighted by atomic mass is 16.5. The minimum atomic E-state index is -0.794. The molecule has 3 unspecified atom stereocenters. The Bertz CT molecular complexity index is 1210. The number of ether oxygens (including phenoxy) is 1. The molecule has 0 saturated heterocycles. The molecule has 0 aromatic carbocycles. The molecule has 6 heteroatoms. The summed E-state index contributed by atoms with van der Waals surface area (Å²) in [6.07, 6.45) is 69.9. The van der Waals surface area contributed by atoms with E-state index in [1.807, 2.05) is 24.3 Å². The molecule has 0 aliphatic heterocycles. The van der Waals surface area contributed by atoms with Gasteiger partial charge in [0.1, 0.15) is 6.10 Å². The van der Waals surface area contributed by atoms with E-state index in [-0.39, 0.29) is 24.9 Å². The number of hydrogen-bond donors (Lipinski definition) is 3. The Morgan fingerprint density at radius 3 is 1.19 bits per heavy atom. The van der Waals surface area contributed by atoms with E-state index >= 15 is 0 Å². The van der Waals surface area contributed by atoms with Gasteiger partial charge in [-0.05, 0) is 44.9 Å². The summed E-state index contributed by atoms with van der Waals surface area (Å²) in [6.45, 7) is 6.43. The minimum absolute atomic E-state index is 0.0687. The van der Waals surface area contributed by atoms with E-state index in [0.29, 0.717) is 19.3 Å². The number of esters is 1. The van der Waals surface area contributed by atoms with Crippen molar-refractivity contribution in [2.45, 2.75) is 315 Å².